The molecule has 10 nitrogen and oxygen atoms in total. The second-order valence-corrected chi connectivity index (χ2v) is 11.7. The van der Waals surface area contributed by atoms with Crippen molar-refractivity contribution in [1.82, 2.24) is 16.0 Å². The van der Waals surface area contributed by atoms with Crippen LogP contribution in [0.1, 0.15) is 78.6 Å². The van der Waals surface area contributed by atoms with Crippen LogP contribution in [0.15, 0.2) is 4.99 Å². The predicted molar refractivity (Wildman–Crippen MR) is 136 cm³/mol. The van der Waals surface area contributed by atoms with E-state index in [1.165, 1.54) is 0 Å². The SMILES string of the molecule is CC(C)(C)OC(=O)N[C@@H](CCCCCC(=O)CCCC[C@@H]1SCC2NC(NC(=O)C(F)(F)F)=N[C@@H]21)C(=O)O. The fourth-order valence-electron chi connectivity index (χ4n) is 4.19. The van der Waals surface area contributed by atoms with Crippen LogP contribution in [0.2, 0.25) is 0 Å². The van der Waals surface area contributed by atoms with Crippen molar-refractivity contribution in [2.45, 2.75) is 114 Å². The second-order valence-electron chi connectivity index (χ2n) is 10.5. The molecule has 14 heteroatoms. The number of hydrogen-bond acceptors (Lipinski definition) is 8. The second kappa shape index (κ2) is 14.0. The number of carboxylic acid groups (broad SMARTS) is 1. The number of carboxylic acids is 1. The van der Waals surface area contributed by atoms with E-state index in [0.29, 0.717) is 44.3 Å². The molecule has 0 spiro atoms. The molecule has 4 atom stereocenters. The Bertz CT molecular complexity index is 893. The molecule has 0 aliphatic carbocycles. The zero-order chi connectivity index (χ0) is 28.5. The molecule has 2 heterocycles. The largest absolute Gasteiger partial charge is 0.480 e. The molecule has 0 aromatic carbocycles. The van der Waals surface area contributed by atoms with Crippen LogP contribution in [0.4, 0.5) is 18.0 Å². The van der Waals surface area contributed by atoms with Crippen molar-refractivity contribution in [3.8, 4) is 0 Å². The molecule has 216 valence electrons. The lowest BCUT2D eigenvalue weighted by Gasteiger charge is -2.22. The maximum atomic E-state index is 12.4. The smallest absolute Gasteiger partial charge is 0.471 e. The number of aliphatic carboxylic acids is 1. The molecule has 1 saturated heterocycles. The molecule has 0 radical (unpaired) electrons. The third kappa shape index (κ3) is 11.1. The van der Waals surface area contributed by atoms with E-state index in [-0.39, 0.29) is 35.5 Å². The molecule has 0 bridgehead atoms. The van der Waals surface area contributed by atoms with Crippen LogP contribution in [0.25, 0.3) is 0 Å². The monoisotopic (exact) mass is 566 g/mol. The predicted octanol–water partition coefficient (Wildman–Crippen LogP) is 3.53. The number of ether oxygens (including phenoxy) is 1. The summed E-state index contributed by atoms with van der Waals surface area (Å²) in [6, 6.07) is -1.38. The maximum Gasteiger partial charge on any atom is 0.471 e. The Morgan fingerprint density at radius 3 is 2.37 bits per heavy atom. The Morgan fingerprint density at radius 2 is 1.76 bits per heavy atom. The fourth-order valence-corrected chi connectivity index (χ4v) is 5.71. The first-order valence-electron chi connectivity index (χ1n) is 12.7. The first-order valence-corrected chi connectivity index (χ1v) is 13.8. The van der Waals surface area contributed by atoms with Crippen molar-refractivity contribution in [2.75, 3.05) is 5.75 Å². The summed E-state index contributed by atoms with van der Waals surface area (Å²) in [7, 11) is 0. The molecule has 1 unspecified atom stereocenters. The molecule has 2 aliphatic rings. The number of carbonyl (C=O) groups excluding carboxylic acids is 3. The Morgan fingerprint density at radius 1 is 1.11 bits per heavy atom. The number of carbonyl (C=O) groups is 4. The van der Waals surface area contributed by atoms with E-state index in [1.54, 1.807) is 37.8 Å². The lowest BCUT2D eigenvalue weighted by Crippen LogP contribution is -2.47. The van der Waals surface area contributed by atoms with Gasteiger partial charge in [-0.1, -0.05) is 19.3 Å². The number of ketones is 1. The highest BCUT2D eigenvalue weighted by Gasteiger charge is 2.44. The third-order valence-electron chi connectivity index (χ3n) is 6.00. The van der Waals surface area contributed by atoms with E-state index >= 15 is 0 Å². The number of halogens is 3. The molecule has 0 aromatic heterocycles. The van der Waals surface area contributed by atoms with Gasteiger partial charge in [0, 0.05) is 23.8 Å². The van der Waals surface area contributed by atoms with Crippen LogP contribution in [-0.2, 0) is 19.1 Å². The fraction of sp³-hybridized carbons (Fsp3) is 0.792. The van der Waals surface area contributed by atoms with E-state index in [0.717, 1.165) is 12.8 Å². The van der Waals surface area contributed by atoms with Crippen LogP contribution in [0.5, 0.6) is 0 Å². The lowest BCUT2D eigenvalue weighted by atomic mass is 10.0. The number of hydrogen-bond donors (Lipinski definition) is 4. The molecule has 0 saturated carbocycles. The van der Waals surface area contributed by atoms with Gasteiger partial charge >= 0.3 is 24.1 Å². The Kier molecular flexibility index (Phi) is 11.7. The number of guanidine groups is 1. The highest BCUT2D eigenvalue weighted by atomic mass is 32.2. The minimum Gasteiger partial charge on any atom is -0.480 e. The molecular formula is C24H37F3N4O6S. The Labute approximate surface area is 224 Å². The minimum absolute atomic E-state index is 0.111. The van der Waals surface area contributed by atoms with Crippen LogP contribution in [-0.4, -0.2) is 75.7 Å². The van der Waals surface area contributed by atoms with Gasteiger partial charge in [0.2, 0.25) is 0 Å². The van der Waals surface area contributed by atoms with Gasteiger partial charge in [0.1, 0.15) is 17.4 Å². The molecule has 2 aliphatic heterocycles. The summed E-state index contributed by atoms with van der Waals surface area (Å²) in [4.78, 5) is 50.7. The van der Waals surface area contributed by atoms with E-state index in [9.17, 15) is 37.5 Å². The molecule has 38 heavy (non-hydrogen) atoms. The minimum atomic E-state index is -4.97. The molecule has 0 aromatic rings. The van der Waals surface area contributed by atoms with Crippen molar-refractivity contribution in [1.29, 1.82) is 0 Å². The zero-order valence-corrected chi connectivity index (χ0v) is 22.7. The molecule has 2 rings (SSSR count). The summed E-state index contributed by atoms with van der Waals surface area (Å²) in [5, 5.41) is 16.4. The molecule has 2 amide bonds. The Balaban J connectivity index is 1.58. The van der Waals surface area contributed by atoms with Gasteiger partial charge in [0.15, 0.2) is 5.96 Å². The number of unbranched alkanes of at least 4 members (excludes halogenated alkanes) is 3. The number of alkyl carbamates (subject to hydrolysis) is 1. The lowest BCUT2D eigenvalue weighted by molar-refractivity contribution is -0.171. The van der Waals surface area contributed by atoms with Crippen molar-refractivity contribution in [3.05, 3.63) is 0 Å². The number of thioether (sulfide) groups is 1. The van der Waals surface area contributed by atoms with Gasteiger partial charge < -0.3 is 20.5 Å². The van der Waals surface area contributed by atoms with Gasteiger partial charge in [0.25, 0.3) is 0 Å². The topological polar surface area (TPSA) is 146 Å². The van der Waals surface area contributed by atoms with Crippen molar-refractivity contribution < 1.29 is 42.2 Å². The average Bonchev–Trinajstić information content (AvgIpc) is 3.34. The summed E-state index contributed by atoms with van der Waals surface area (Å²) in [6.07, 6.45) is -0.603. The van der Waals surface area contributed by atoms with Gasteiger partial charge in [-0.2, -0.15) is 24.9 Å². The van der Waals surface area contributed by atoms with Gasteiger partial charge in [-0.3, -0.25) is 14.9 Å². The number of rotatable bonds is 13. The maximum absolute atomic E-state index is 12.4. The number of fused-ring (bicyclic) bond motifs is 1. The van der Waals surface area contributed by atoms with Crippen LogP contribution in [0, 0.1) is 0 Å². The van der Waals surface area contributed by atoms with E-state index in [1.807, 2.05) is 0 Å². The molecular weight excluding hydrogens is 529 g/mol. The third-order valence-corrected chi connectivity index (χ3v) is 7.50. The number of aliphatic imine (C=N–C) groups is 1. The van der Waals surface area contributed by atoms with Crippen LogP contribution < -0.4 is 16.0 Å². The average molecular weight is 567 g/mol. The van der Waals surface area contributed by atoms with E-state index < -0.39 is 35.8 Å². The Hall–Kier alpha value is -2.51. The van der Waals surface area contributed by atoms with Gasteiger partial charge in [0.05, 0.1) is 12.1 Å². The van der Waals surface area contributed by atoms with Crippen LogP contribution in [0.3, 0.4) is 0 Å². The number of nitrogens with zero attached hydrogens (tertiary/aromatic N) is 1. The van der Waals surface area contributed by atoms with E-state index in [2.05, 4.69) is 15.6 Å². The first kappa shape index (κ1) is 31.7. The van der Waals surface area contributed by atoms with Gasteiger partial charge in [-0.15, -0.1) is 0 Å². The van der Waals surface area contributed by atoms with Crippen LogP contribution >= 0.6 is 11.8 Å². The highest BCUT2D eigenvalue weighted by molar-refractivity contribution is 8.00. The zero-order valence-electron chi connectivity index (χ0n) is 21.9. The molecule has 4 N–H and O–H groups in total. The van der Waals surface area contributed by atoms with Gasteiger partial charge in [-0.05, 0) is 46.5 Å². The van der Waals surface area contributed by atoms with Crippen molar-refractivity contribution in [3.63, 3.8) is 0 Å². The van der Waals surface area contributed by atoms with Crippen molar-refractivity contribution >= 4 is 41.5 Å². The first-order chi connectivity index (χ1) is 17.7. The number of nitrogens with one attached hydrogen (secondary N) is 3. The summed E-state index contributed by atoms with van der Waals surface area (Å²) < 4.78 is 42.4. The summed E-state index contributed by atoms with van der Waals surface area (Å²) >= 11 is 1.68. The summed E-state index contributed by atoms with van der Waals surface area (Å²) in [5.41, 5.74) is -0.726. The van der Waals surface area contributed by atoms with Gasteiger partial charge in [-0.25, -0.2) is 14.6 Å². The summed E-state index contributed by atoms with van der Waals surface area (Å²) in [6.45, 7) is 5.06. The normalized spacial score (nSPS) is 21.6. The quantitative estimate of drug-likeness (QED) is 0.248. The molecule has 1 fully saturated rings. The summed E-state index contributed by atoms with van der Waals surface area (Å²) in [5.74, 6) is -2.52. The van der Waals surface area contributed by atoms with E-state index in [4.69, 9.17) is 4.74 Å². The number of amides is 2. The number of alkyl halides is 3. The standard InChI is InChI=1S/C24H37F3N4O6S/c1-23(2,3)37-22(36)29-15(19(33)34)11-6-4-5-9-14(32)10-7-8-12-17-18-16(13-38-17)28-21(30-18)31-20(35)24(25,26)27/h15-18H,4-13H2,1-3H3,(H,29,36)(H,33,34)(H2,28,30,31,35)/t15-,16?,17-,18-/m0/s1. The van der Waals surface area contributed by atoms with Crippen molar-refractivity contribution in [2.24, 2.45) is 4.99 Å². The number of Topliss-reactive ketones (excluding diaryl/α,β-unsaturated/α-hetero) is 1. The highest BCUT2D eigenvalue weighted by Crippen LogP contribution is 2.35.